The quantitative estimate of drug-likeness (QED) is 0.438. The van der Waals surface area contributed by atoms with E-state index in [2.05, 4.69) is 36.6 Å². The Morgan fingerprint density at radius 3 is 2.42 bits per heavy atom. The molecule has 0 atom stereocenters. The molecule has 3 nitrogen and oxygen atoms in total. The zero-order valence-corrected chi connectivity index (χ0v) is 16.3. The number of carbonyl (C=O) groups excluding carboxylic acids is 1. The molecule has 0 N–H and O–H groups in total. The number of ether oxygens (including phenoxy) is 1. The second-order valence-corrected chi connectivity index (χ2v) is 7.00. The normalized spacial score (nSPS) is 11.1. The maximum atomic E-state index is 11.5. The maximum Gasteiger partial charge on any atom is 0.337 e. The molecule has 136 valence electrons. The molecule has 0 unspecified atom stereocenters. The Hall–Kier alpha value is -2.26. The molecule has 1 aromatic heterocycles. The van der Waals surface area contributed by atoms with Crippen LogP contribution in [0.25, 0.3) is 10.9 Å². The molecule has 1 heterocycles. The summed E-state index contributed by atoms with van der Waals surface area (Å²) in [5.41, 5.74) is 6.93. The Morgan fingerprint density at radius 2 is 1.77 bits per heavy atom. The topological polar surface area (TPSA) is 31.2 Å². The van der Waals surface area contributed by atoms with Crippen molar-refractivity contribution in [3.8, 4) is 0 Å². The lowest BCUT2D eigenvalue weighted by atomic mass is 10.0. The number of hydrogen-bond donors (Lipinski definition) is 0. The first kappa shape index (κ1) is 18.5. The first-order valence-electron chi connectivity index (χ1n) is 8.86. The highest BCUT2D eigenvalue weighted by Gasteiger charge is 2.11. The number of alkyl halides is 1. The lowest BCUT2D eigenvalue weighted by Crippen LogP contribution is -2.01. The van der Waals surface area contributed by atoms with Crippen molar-refractivity contribution in [1.29, 1.82) is 0 Å². The van der Waals surface area contributed by atoms with Crippen LogP contribution in [0.4, 0.5) is 0 Å². The molecule has 0 fully saturated rings. The summed E-state index contributed by atoms with van der Waals surface area (Å²) in [6.07, 6.45) is 1.81. The molecule has 3 aromatic rings. The van der Waals surface area contributed by atoms with E-state index in [9.17, 15) is 4.79 Å². The number of aryl methyl sites for hydroxylation is 2. The van der Waals surface area contributed by atoms with Gasteiger partial charge < -0.3 is 9.30 Å². The number of methoxy groups -OCH3 is 1. The van der Waals surface area contributed by atoms with Gasteiger partial charge in [-0.3, -0.25) is 0 Å². The summed E-state index contributed by atoms with van der Waals surface area (Å²) in [4.78, 5) is 11.5. The second-order valence-electron chi connectivity index (χ2n) is 6.62. The van der Waals surface area contributed by atoms with Crippen molar-refractivity contribution in [3.05, 3.63) is 70.4 Å². The van der Waals surface area contributed by atoms with Crippen molar-refractivity contribution in [3.63, 3.8) is 0 Å². The minimum Gasteiger partial charge on any atom is -0.465 e. The molecule has 4 heteroatoms. The number of hydrogen-bond acceptors (Lipinski definition) is 2. The van der Waals surface area contributed by atoms with Gasteiger partial charge in [0.1, 0.15) is 0 Å². The fourth-order valence-corrected chi connectivity index (χ4v) is 3.54. The van der Waals surface area contributed by atoms with Crippen LogP contribution in [0.1, 0.15) is 39.2 Å². The molecule has 2 aromatic carbocycles. The molecule has 0 aliphatic carbocycles. The standard InChI is InChI=1S/C22H24ClNO2/c1-15-16(2)24(12-4-11-23)21-10-7-18(14-20(15)21)13-17-5-8-19(9-6-17)22(25)26-3/h5-10,14H,4,11-13H2,1-3H3. The van der Waals surface area contributed by atoms with Gasteiger partial charge in [-0.05, 0) is 67.6 Å². The van der Waals surface area contributed by atoms with Gasteiger partial charge in [-0.2, -0.15) is 0 Å². The number of aromatic nitrogens is 1. The Labute approximate surface area is 159 Å². The van der Waals surface area contributed by atoms with E-state index in [1.54, 1.807) is 0 Å². The summed E-state index contributed by atoms with van der Waals surface area (Å²) in [5.74, 6) is 0.375. The number of carbonyl (C=O) groups is 1. The fraction of sp³-hybridized carbons (Fsp3) is 0.318. The number of rotatable bonds is 6. The van der Waals surface area contributed by atoms with Gasteiger partial charge in [-0.1, -0.05) is 18.2 Å². The van der Waals surface area contributed by atoms with Gasteiger partial charge in [0.05, 0.1) is 12.7 Å². The van der Waals surface area contributed by atoms with Crippen LogP contribution in [0.5, 0.6) is 0 Å². The molecule has 0 saturated carbocycles. The molecule has 0 aliphatic heterocycles. The monoisotopic (exact) mass is 369 g/mol. The first-order chi connectivity index (χ1) is 12.5. The van der Waals surface area contributed by atoms with E-state index < -0.39 is 0 Å². The Morgan fingerprint density at radius 1 is 1.08 bits per heavy atom. The Balaban J connectivity index is 1.87. The zero-order valence-electron chi connectivity index (χ0n) is 15.5. The van der Waals surface area contributed by atoms with Gasteiger partial charge in [-0.15, -0.1) is 11.6 Å². The van der Waals surface area contributed by atoms with Crippen molar-refractivity contribution in [2.45, 2.75) is 33.2 Å². The van der Waals surface area contributed by atoms with Gasteiger partial charge in [0, 0.05) is 29.0 Å². The van der Waals surface area contributed by atoms with Crippen molar-refractivity contribution >= 4 is 28.5 Å². The Kier molecular flexibility index (Phi) is 5.67. The SMILES string of the molecule is COC(=O)c1ccc(Cc2ccc3c(c2)c(C)c(C)n3CCCCl)cc1. The van der Waals surface area contributed by atoms with E-state index in [4.69, 9.17) is 16.3 Å². The average Bonchev–Trinajstić information content (AvgIpc) is 2.90. The molecule has 3 rings (SSSR count). The van der Waals surface area contributed by atoms with Gasteiger partial charge in [-0.25, -0.2) is 4.79 Å². The number of halogens is 1. The van der Waals surface area contributed by atoms with Gasteiger partial charge in [0.25, 0.3) is 0 Å². The molecular weight excluding hydrogens is 346 g/mol. The van der Waals surface area contributed by atoms with Gasteiger partial charge >= 0.3 is 5.97 Å². The molecule has 0 amide bonds. The highest BCUT2D eigenvalue weighted by atomic mass is 35.5. The smallest absolute Gasteiger partial charge is 0.337 e. The minimum absolute atomic E-state index is 0.303. The van der Waals surface area contributed by atoms with Gasteiger partial charge in [0.15, 0.2) is 0 Å². The Bertz CT molecular complexity index is 925. The van der Waals surface area contributed by atoms with Crippen LogP contribution < -0.4 is 0 Å². The zero-order chi connectivity index (χ0) is 18.7. The fourth-order valence-electron chi connectivity index (χ4n) is 3.43. The van der Waals surface area contributed by atoms with Crippen LogP contribution in [-0.2, 0) is 17.7 Å². The molecule has 0 spiro atoms. The number of nitrogens with zero attached hydrogens (tertiary/aromatic N) is 1. The van der Waals surface area contributed by atoms with Crippen LogP contribution >= 0.6 is 11.6 Å². The predicted octanol–water partition coefficient (Wildman–Crippen LogP) is 5.26. The third-order valence-corrected chi connectivity index (χ3v) is 5.27. The van der Waals surface area contributed by atoms with Crippen LogP contribution in [-0.4, -0.2) is 23.5 Å². The lowest BCUT2D eigenvalue weighted by molar-refractivity contribution is 0.0600. The summed E-state index contributed by atoms with van der Waals surface area (Å²) in [5, 5.41) is 1.31. The van der Waals surface area contributed by atoms with Gasteiger partial charge in [0.2, 0.25) is 0 Å². The van der Waals surface area contributed by atoms with Crippen molar-refractivity contribution in [2.75, 3.05) is 13.0 Å². The lowest BCUT2D eigenvalue weighted by Gasteiger charge is -2.08. The van der Waals surface area contributed by atoms with E-state index in [0.717, 1.165) is 19.4 Å². The van der Waals surface area contributed by atoms with Crippen LogP contribution in [0, 0.1) is 13.8 Å². The summed E-state index contributed by atoms with van der Waals surface area (Å²) >= 11 is 5.87. The number of esters is 1. The van der Waals surface area contributed by atoms with Crippen molar-refractivity contribution in [1.82, 2.24) is 4.57 Å². The second kappa shape index (κ2) is 7.96. The summed E-state index contributed by atoms with van der Waals surface area (Å²) in [6, 6.07) is 14.3. The number of fused-ring (bicyclic) bond motifs is 1. The van der Waals surface area contributed by atoms with Crippen LogP contribution in [0.3, 0.4) is 0 Å². The predicted molar refractivity (Wildman–Crippen MR) is 107 cm³/mol. The van der Waals surface area contributed by atoms with Crippen molar-refractivity contribution in [2.24, 2.45) is 0 Å². The third-order valence-electron chi connectivity index (χ3n) is 5.00. The number of benzene rings is 2. The van der Waals surface area contributed by atoms with E-state index in [-0.39, 0.29) is 5.97 Å². The van der Waals surface area contributed by atoms with Crippen molar-refractivity contribution < 1.29 is 9.53 Å². The first-order valence-corrected chi connectivity index (χ1v) is 9.40. The molecular formula is C22H24ClNO2. The summed E-state index contributed by atoms with van der Waals surface area (Å²) in [7, 11) is 1.40. The molecule has 0 radical (unpaired) electrons. The van der Waals surface area contributed by atoms with E-state index in [1.807, 2.05) is 24.3 Å². The van der Waals surface area contributed by atoms with Crippen LogP contribution in [0.15, 0.2) is 42.5 Å². The molecule has 0 aliphatic rings. The van der Waals surface area contributed by atoms with E-state index in [0.29, 0.717) is 11.4 Å². The highest BCUT2D eigenvalue weighted by Crippen LogP contribution is 2.27. The molecule has 26 heavy (non-hydrogen) atoms. The third kappa shape index (κ3) is 3.63. The highest BCUT2D eigenvalue weighted by molar-refractivity contribution is 6.17. The largest absolute Gasteiger partial charge is 0.465 e. The summed E-state index contributed by atoms with van der Waals surface area (Å²) in [6.45, 7) is 5.31. The van der Waals surface area contributed by atoms with Crippen LogP contribution in [0.2, 0.25) is 0 Å². The maximum absolute atomic E-state index is 11.5. The molecule has 0 saturated heterocycles. The average molecular weight is 370 g/mol. The van der Waals surface area contributed by atoms with E-state index in [1.165, 1.54) is 40.4 Å². The molecule has 0 bridgehead atoms. The summed E-state index contributed by atoms with van der Waals surface area (Å²) < 4.78 is 7.11. The minimum atomic E-state index is -0.303. The van der Waals surface area contributed by atoms with E-state index >= 15 is 0 Å².